The third-order valence-electron chi connectivity index (χ3n) is 8.75. The summed E-state index contributed by atoms with van der Waals surface area (Å²) in [6.07, 6.45) is 4.81. The lowest BCUT2D eigenvalue weighted by molar-refractivity contribution is -0.163. The van der Waals surface area contributed by atoms with Crippen molar-refractivity contribution in [2.24, 2.45) is 4.99 Å². The number of halogens is 3. The molecule has 0 unspecified atom stereocenters. The molecule has 44 heavy (non-hydrogen) atoms. The van der Waals surface area contributed by atoms with Crippen LogP contribution in [0.1, 0.15) is 87.1 Å². The normalized spacial score (nSPS) is 20.8. The van der Waals surface area contributed by atoms with E-state index in [-0.39, 0.29) is 24.3 Å². The van der Waals surface area contributed by atoms with Crippen LogP contribution in [0.2, 0.25) is 10.0 Å². The van der Waals surface area contributed by atoms with Crippen LogP contribution >= 0.6 is 35.4 Å². The van der Waals surface area contributed by atoms with Gasteiger partial charge >= 0.3 is 5.97 Å². The van der Waals surface area contributed by atoms with Crippen molar-refractivity contribution in [3.05, 3.63) is 92.7 Å². The molecule has 1 saturated heterocycles. The summed E-state index contributed by atoms with van der Waals surface area (Å²) >= 11 is 19.0. The molecule has 0 aromatic heterocycles. The Morgan fingerprint density at radius 1 is 1.05 bits per heavy atom. The molecule has 2 aliphatic heterocycles. The topological polar surface area (TPSA) is 59.9 Å². The highest BCUT2D eigenvalue weighted by Gasteiger charge is 2.55. The lowest BCUT2D eigenvalue weighted by Gasteiger charge is -2.48. The Bertz CT molecular complexity index is 1610. The van der Waals surface area contributed by atoms with Crippen LogP contribution in [0.15, 0.2) is 59.6 Å². The second kappa shape index (κ2) is 13.2. The predicted molar refractivity (Wildman–Crippen MR) is 180 cm³/mol. The highest BCUT2D eigenvalue weighted by atomic mass is 35.5. The van der Waals surface area contributed by atoms with E-state index < -0.39 is 17.1 Å². The van der Waals surface area contributed by atoms with E-state index in [1.54, 1.807) is 25.1 Å². The van der Waals surface area contributed by atoms with Crippen LogP contribution in [0, 0.1) is 12.7 Å². The summed E-state index contributed by atoms with van der Waals surface area (Å²) in [5.41, 5.74) is 2.14. The van der Waals surface area contributed by atoms with Crippen LogP contribution in [0.4, 0.5) is 10.1 Å². The number of fused-ring (bicyclic) bond motifs is 2. The molecule has 5 nitrogen and oxygen atoms in total. The summed E-state index contributed by atoms with van der Waals surface area (Å²) in [4.78, 5) is 19.0. The number of nitrogens with zero attached hydrogens (tertiary/aromatic N) is 1. The van der Waals surface area contributed by atoms with Crippen LogP contribution in [0.3, 0.4) is 0 Å². The maximum absolute atomic E-state index is 14.8. The maximum Gasteiger partial charge on any atom is 0.350 e. The van der Waals surface area contributed by atoms with Crippen molar-refractivity contribution < 1.29 is 18.7 Å². The molecule has 3 aromatic carbocycles. The third kappa shape index (κ3) is 5.86. The number of carbonyl (C=O) groups is 1. The third-order valence-corrected chi connectivity index (χ3v) is 9.51. The lowest BCUT2D eigenvalue weighted by Crippen LogP contribution is -2.53. The molecule has 9 heteroatoms. The van der Waals surface area contributed by atoms with Gasteiger partial charge in [-0.25, -0.2) is 9.18 Å². The molecule has 0 saturated carbocycles. The Morgan fingerprint density at radius 2 is 1.75 bits per heavy atom. The van der Waals surface area contributed by atoms with E-state index in [1.165, 1.54) is 6.07 Å². The Kier molecular flexibility index (Phi) is 9.69. The lowest BCUT2D eigenvalue weighted by atomic mass is 9.59. The van der Waals surface area contributed by atoms with E-state index in [1.807, 2.05) is 57.3 Å². The smallest absolute Gasteiger partial charge is 0.350 e. The number of thiocarbonyl (C=S) groups is 1. The Labute approximate surface area is 274 Å². The number of ether oxygens (including phenoxy) is 2. The second-order valence-corrected chi connectivity index (χ2v) is 13.0. The molecule has 0 amide bonds. The van der Waals surface area contributed by atoms with Gasteiger partial charge in [0.25, 0.3) is 0 Å². The second-order valence-electron chi connectivity index (χ2n) is 11.6. The molecule has 1 N–H and O–H groups in total. The monoisotopic (exact) mass is 654 g/mol. The first kappa shape index (κ1) is 32.4. The fourth-order valence-corrected chi connectivity index (χ4v) is 7.52. The zero-order valence-corrected chi connectivity index (χ0v) is 27.7. The predicted octanol–water partition coefficient (Wildman–Crippen LogP) is 9.52. The van der Waals surface area contributed by atoms with Crippen LogP contribution < -0.4 is 10.1 Å². The minimum Gasteiger partial charge on any atom is -0.475 e. The first-order valence-corrected chi connectivity index (χ1v) is 16.3. The summed E-state index contributed by atoms with van der Waals surface area (Å²) in [7, 11) is 0. The SMILES string of the molecule is CCCC(CCC)(Oc1ccc(Cl)cc1[C@@H]1CC(=S)N[C@@H](c2cc(F)ccc2C)[C@]12C=Nc1cc(Cl)ccc12)C(=O)OCC. The van der Waals surface area contributed by atoms with Gasteiger partial charge in [-0.15, -0.1) is 0 Å². The number of hydrogen-bond donors (Lipinski definition) is 1. The van der Waals surface area contributed by atoms with Gasteiger partial charge in [0.05, 0.1) is 28.7 Å². The van der Waals surface area contributed by atoms with Crippen LogP contribution in [0.5, 0.6) is 5.75 Å². The molecule has 1 spiro atoms. The van der Waals surface area contributed by atoms with Crippen molar-refractivity contribution >= 4 is 58.3 Å². The van der Waals surface area contributed by atoms with Gasteiger partial charge in [-0.1, -0.05) is 74.2 Å². The molecule has 2 heterocycles. The molecule has 3 aromatic rings. The number of aryl methyl sites for hydroxylation is 1. The van der Waals surface area contributed by atoms with E-state index in [0.29, 0.717) is 40.0 Å². The first-order valence-electron chi connectivity index (χ1n) is 15.1. The molecule has 0 radical (unpaired) electrons. The number of nitrogens with one attached hydrogen (secondary N) is 1. The minimum atomic E-state index is -1.17. The summed E-state index contributed by atoms with van der Waals surface area (Å²) in [6.45, 7) is 8.06. The molecule has 232 valence electrons. The van der Waals surface area contributed by atoms with E-state index in [2.05, 4.69) is 5.32 Å². The standard InChI is InChI=1S/C35H37Cl2FN2O3S/c1-5-14-34(15-6-2,33(41)42-7-3)43-30-13-10-22(36)16-26(30)28-19-31(44)40-32(25-18-24(38)11-8-21(25)4)35(28)20-39-29-17-23(37)9-12-27(29)35/h8-13,16-18,20,28,32H,5-7,14-15,19H2,1-4H3,(H,40,44)/t28-,32-,35-/m0/s1. The van der Waals surface area contributed by atoms with E-state index >= 15 is 0 Å². The van der Waals surface area contributed by atoms with Gasteiger partial charge in [-0.2, -0.15) is 0 Å². The van der Waals surface area contributed by atoms with Gasteiger partial charge in [0, 0.05) is 34.2 Å². The van der Waals surface area contributed by atoms with Crippen molar-refractivity contribution in [1.82, 2.24) is 5.32 Å². The molecule has 1 fully saturated rings. The molecule has 5 rings (SSSR count). The van der Waals surface area contributed by atoms with Crippen LogP contribution in [0.25, 0.3) is 0 Å². The van der Waals surface area contributed by atoms with Crippen LogP contribution in [-0.4, -0.2) is 29.4 Å². The van der Waals surface area contributed by atoms with Gasteiger partial charge < -0.3 is 14.8 Å². The first-order chi connectivity index (χ1) is 21.1. The van der Waals surface area contributed by atoms with Crippen molar-refractivity contribution in [1.29, 1.82) is 0 Å². The van der Waals surface area contributed by atoms with E-state index in [4.69, 9.17) is 49.9 Å². The molecule has 0 aliphatic carbocycles. The fourth-order valence-electron chi connectivity index (χ4n) is 6.89. The molecular weight excluding hydrogens is 618 g/mol. The fraction of sp³-hybridized carbons (Fsp3) is 0.400. The zero-order chi connectivity index (χ0) is 31.6. The van der Waals surface area contributed by atoms with Crippen molar-refractivity contribution in [3.8, 4) is 5.75 Å². The summed E-state index contributed by atoms with van der Waals surface area (Å²) < 4.78 is 27.3. The number of esters is 1. The van der Waals surface area contributed by atoms with Crippen molar-refractivity contribution in [3.63, 3.8) is 0 Å². The Balaban J connectivity index is 1.75. The van der Waals surface area contributed by atoms with Gasteiger partial charge in [0.1, 0.15) is 11.6 Å². The zero-order valence-electron chi connectivity index (χ0n) is 25.4. The Hall–Kier alpha value is -3.00. The average Bonchev–Trinajstić information content (AvgIpc) is 3.35. The summed E-state index contributed by atoms with van der Waals surface area (Å²) in [5, 5.41) is 4.62. The maximum atomic E-state index is 14.8. The van der Waals surface area contributed by atoms with Gasteiger partial charge in [0.2, 0.25) is 5.60 Å². The average molecular weight is 656 g/mol. The molecule has 3 atom stereocenters. The molecule has 0 bridgehead atoms. The number of benzene rings is 3. The quantitative estimate of drug-likeness (QED) is 0.174. The van der Waals surface area contributed by atoms with Crippen molar-refractivity contribution in [2.45, 2.75) is 82.8 Å². The van der Waals surface area contributed by atoms with E-state index in [0.717, 1.165) is 40.8 Å². The summed E-state index contributed by atoms with van der Waals surface area (Å²) in [5.74, 6) is -0.529. The van der Waals surface area contributed by atoms with Gasteiger partial charge in [-0.3, -0.25) is 4.99 Å². The van der Waals surface area contributed by atoms with Gasteiger partial charge in [0.15, 0.2) is 0 Å². The summed E-state index contributed by atoms with van der Waals surface area (Å²) in [6, 6.07) is 15.5. The van der Waals surface area contributed by atoms with Crippen molar-refractivity contribution in [2.75, 3.05) is 6.61 Å². The number of hydrogen-bond acceptors (Lipinski definition) is 5. The number of piperidine rings is 1. The highest BCUT2D eigenvalue weighted by Crippen LogP contribution is 2.58. The van der Waals surface area contributed by atoms with Gasteiger partial charge in [-0.05, 0) is 85.8 Å². The highest BCUT2D eigenvalue weighted by molar-refractivity contribution is 7.80. The Morgan fingerprint density at radius 3 is 2.45 bits per heavy atom. The number of rotatable bonds is 10. The molecule has 2 aliphatic rings. The largest absolute Gasteiger partial charge is 0.475 e. The number of aliphatic imine (C=N–C) groups is 1. The number of carbonyl (C=O) groups excluding carboxylic acids is 1. The van der Waals surface area contributed by atoms with E-state index in [9.17, 15) is 9.18 Å². The van der Waals surface area contributed by atoms with Crippen LogP contribution in [-0.2, 0) is 14.9 Å². The molecular formula is C35H37Cl2FN2O3S. The minimum absolute atomic E-state index is 0.251.